The Balaban J connectivity index is 2.40. The summed E-state index contributed by atoms with van der Waals surface area (Å²) < 4.78 is 0. The van der Waals surface area contributed by atoms with Crippen LogP contribution in [-0.4, -0.2) is 10.2 Å². The molecular formula is C19H16O2. The van der Waals surface area contributed by atoms with Crippen molar-refractivity contribution in [2.24, 2.45) is 0 Å². The molecule has 3 aromatic carbocycles. The van der Waals surface area contributed by atoms with E-state index in [1.165, 1.54) is 0 Å². The highest BCUT2D eigenvalue weighted by atomic mass is 16.3. The van der Waals surface area contributed by atoms with E-state index in [4.69, 9.17) is 0 Å². The second-order valence-electron chi connectivity index (χ2n) is 5.16. The van der Waals surface area contributed by atoms with Gasteiger partial charge in [0.25, 0.3) is 0 Å². The summed E-state index contributed by atoms with van der Waals surface area (Å²) in [6.45, 7) is 5.60. The number of hydrogen-bond acceptors (Lipinski definition) is 2. The van der Waals surface area contributed by atoms with Crippen LogP contribution in [0.3, 0.4) is 0 Å². The molecule has 0 aliphatic rings. The molecule has 2 heteroatoms. The molecule has 0 saturated carbocycles. The van der Waals surface area contributed by atoms with Gasteiger partial charge in [-0.2, -0.15) is 0 Å². The Morgan fingerprint density at radius 2 is 1.71 bits per heavy atom. The molecule has 0 amide bonds. The zero-order chi connectivity index (χ0) is 15.0. The van der Waals surface area contributed by atoms with E-state index in [1.54, 1.807) is 12.1 Å². The number of aliphatic hydroxyl groups is 1. The maximum absolute atomic E-state index is 10.2. The number of fused-ring (bicyclic) bond motifs is 1. The largest absolute Gasteiger partial charge is 0.508 e. The van der Waals surface area contributed by atoms with E-state index in [0.717, 1.165) is 27.5 Å². The predicted molar refractivity (Wildman–Crippen MR) is 87.4 cm³/mol. The molecule has 3 rings (SSSR count). The molecule has 0 aromatic heterocycles. The van der Waals surface area contributed by atoms with Gasteiger partial charge in [-0.05, 0) is 41.0 Å². The number of benzene rings is 3. The van der Waals surface area contributed by atoms with Crippen LogP contribution in [0.15, 0.2) is 61.2 Å². The Morgan fingerprint density at radius 3 is 2.43 bits per heavy atom. The van der Waals surface area contributed by atoms with E-state index < -0.39 is 0 Å². The number of aryl methyl sites for hydroxylation is 1. The van der Waals surface area contributed by atoms with Crippen molar-refractivity contribution in [1.82, 2.24) is 0 Å². The summed E-state index contributed by atoms with van der Waals surface area (Å²) in [6.07, 6.45) is 0. The first-order chi connectivity index (χ1) is 10.1. The van der Waals surface area contributed by atoms with Gasteiger partial charge in [0.15, 0.2) is 0 Å². The summed E-state index contributed by atoms with van der Waals surface area (Å²) in [7, 11) is 0. The second kappa shape index (κ2) is 4.98. The molecule has 104 valence electrons. The minimum atomic E-state index is 0.0432. The van der Waals surface area contributed by atoms with Gasteiger partial charge in [-0.1, -0.05) is 49.0 Å². The molecule has 0 aliphatic heterocycles. The van der Waals surface area contributed by atoms with Crippen molar-refractivity contribution in [3.63, 3.8) is 0 Å². The number of aliphatic hydroxyl groups excluding tert-OH is 1. The van der Waals surface area contributed by atoms with Gasteiger partial charge in [-0.3, -0.25) is 0 Å². The first kappa shape index (κ1) is 13.3. The van der Waals surface area contributed by atoms with E-state index in [2.05, 4.69) is 6.58 Å². The van der Waals surface area contributed by atoms with Crippen LogP contribution in [0.25, 0.3) is 27.7 Å². The Morgan fingerprint density at radius 1 is 1.00 bits per heavy atom. The summed E-state index contributed by atoms with van der Waals surface area (Å²) in [5, 5.41) is 21.8. The van der Waals surface area contributed by atoms with Crippen molar-refractivity contribution in [3.05, 3.63) is 72.3 Å². The highest BCUT2D eigenvalue weighted by molar-refractivity contribution is 6.00. The van der Waals surface area contributed by atoms with Crippen LogP contribution >= 0.6 is 0 Å². The molecule has 2 nitrogen and oxygen atoms in total. The molecule has 0 unspecified atom stereocenters. The summed E-state index contributed by atoms with van der Waals surface area (Å²) in [6, 6.07) is 17.1. The number of rotatable bonds is 2. The molecule has 0 spiro atoms. The molecular weight excluding hydrogens is 260 g/mol. The number of phenols is 1. The van der Waals surface area contributed by atoms with Gasteiger partial charge < -0.3 is 10.2 Å². The van der Waals surface area contributed by atoms with E-state index in [0.29, 0.717) is 5.56 Å². The Hall–Kier alpha value is -2.74. The SMILES string of the molecule is C=C(O)c1ccc2ccc(C)c(-c3ccccc3O)c2c1. The smallest absolute Gasteiger partial charge is 0.123 e. The molecule has 2 N–H and O–H groups in total. The average Bonchev–Trinajstić information content (AvgIpc) is 2.48. The second-order valence-corrected chi connectivity index (χ2v) is 5.16. The van der Waals surface area contributed by atoms with Crippen LogP contribution in [0.5, 0.6) is 5.75 Å². The first-order valence-electron chi connectivity index (χ1n) is 6.78. The van der Waals surface area contributed by atoms with Crippen molar-refractivity contribution in [1.29, 1.82) is 0 Å². The summed E-state index contributed by atoms with van der Waals surface area (Å²) in [5.74, 6) is 0.294. The summed E-state index contributed by atoms with van der Waals surface area (Å²) in [5.41, 5.74) is 3.53. The summed E-state index contributed by atoms with van der Waals surface area (Å²) >= 11 is 0. The van der Waals surface area contributed by atoms with Gasteiger partial charge >= 0.3 is 0 Å². The Labute approximate surface area is 123 Å². The number of para-hydroxylation sites is 1. The Kier molecular flexibility index (Phi) is 3.15. The quantitative estimate of drug-likeness (QED) is 0.643. The van der Waals surface area contributed by atoms with Crippen molar-refractivity contribution in [2.75, 3.05) is 0 Å². The minimum absolute atomic E-state index is 0.0432. The minimum Gasteiger partial charge on any atom is -0.508 e. The standard InChI is InChI=1S/C19H16O2/c1-12-7-8-14-9-10-15(13(2)20)11-17(14)19(12)16-5-3-4-6-18(16)21/h3-11,20-21H,2H2,1H3. The van der Waals surface area contributed by atoms with Crippen LogP contribution in [0, 0.1) is 6.92 Å². The molecule has 21 heavy (non-hydrogen) atoms. The van der Waals surface area contributed by atoms with E-state index in [1.807, 2.05) is 49.4 Å². The third kappa shape index (κ3) is 2.25. The maximum atomic E-state index is 10.2. The summed E-state index contributed by atoms with van der Waals surface area (Å²) in [4.78, 5) is 0. The predicted octanol–water partition coefficient (Wildman–Crippen LogP) is 5.05. The lowest BCUT2D eigenvalue weighted by atomic mass is 9.92. The van der Waals surface area contributed by atoms with Crippen molar-refractivity contribution in [3.8, 4) is 16.9 Å². The van der Waals surface area contributed by atoms with Crippen molar-refractivity contribution < 1.29 is 10.2 Å². The monoisotopic (exact) mass is 276 g/mol. The molecule has 0 saturated heterocycles. The van der Waals surface area contributed by atoms with E-state index in [-0.39, 0.29) is 11.5 Å². The van der Waals surface area contributed by atoms with Gasteiger partial charge in [-0.15, -0.1) is 0 Å². The zero-order valence-electron chi connectivity index (χ0n) is 11.8. The third-order valence-corrected chi connectivity index (χ3v) is 3.74. The topological polar surface area (TPSA) is 40.5 Å². The van der Waals surface area contributed by atoms with Gasteiger partial charge in [0.1, 0.15) is 11.5 Å². The lowest BCUT2D eigenvalue weighted by Crippen LogP contribution is -1.89. The van der Waals surface area contributed by atoms with Crippen LogP contribution in [0.4, 0.5) is 0 Å². The highest BCUT2D eigenvalue weighted by Gasteiger charge is 2.11. The van der Waals surface area contributed by atoms with E-state index >= 15 is 0 Å². The molecule has 0 bridgehead atoms. The number of phenolic OH excluding ortho intramolecular Hbond substituents is 1. The molecule has 0 radical (unpaired) electrons. The van der Waals surface area contributed by atoms with Crippen LogP contribution < -0.4 is 0 Å². The van der Waals surface area contributed by atoms with Crippen LogP contribution in [0.2, 0.25) is 0 Å². The van der Waals surface area contributed by atoms with Crippen molar-refractivity contribution in [2.45, 2.75) is 6.92 Å². The Bertz CT molecular complexity index is 847. The van der Waals surface area contributed by atoms with Gasteiger partial charge in [0, 0.05) is 11.1 Å². The lowest BCUT2D eigenvalue weighted by molar-refractivity contribution is 0.477. The fraction of sp³-hybridized carbons (Fsp3) is 0.0526. The normalized spacial score (nSPS) is 10.7. The highest BCUT2D eigenvalue weighted by Crippen LogP contribution is 2.37. The van der Waals surface area contributed by atoms with Gasteiger partial charge in [-0.25, -0.2) is 0 Å². The molecule has 3 aromatic rings. The van der Waals surface area contributed by atoms with E-state index in [9.17, 15) is 10.2 Å². The van der Waals surface area contributed by atoms with Crippen LogP contribution in [-0.2, 0) is 0 Å². The van der Waals surface area contributed by atoms with Crippen LogP contribution in [0.1, 0.15) is 11.1 Å². The average molecular weight is 276 g/mol. The molecule has 0 heterocycles. The van der Waals surface area contributed by atoms with Crippen molar-refractivity contribution >= 4 is 16.5 Å². The maximum Gasteiger partial charge on any atom is 0.123 e. The first-order valence-corrected chi connectivity index (χ1v) is 6.78. The number of hydrogen-bond donors (Lipinski definition) is 2. The number of aromatic hydroxyl groups is 1. The molecule has 0 fully saturated rings. The third-order valence-electron chi connectivity index (χ3n) is 3.74. The van der Waals surface area contributed by atoms with Gasteiger partial charge in [0.2, 0.25) is 0 Å². The zero-order valence-corrected chi connectivity index (χ0v) is 11.8. The molecule has 0 atom stereocenters. The molecule has 0 aliphatic carbocycles. The lowest BCUT2D eigenvalue weighted by Gasteiger charge is -2.13. The van der Waals surface area contributed by atoms with Gasteiger partial charge in [0.05, 0.1) is 0 Å². The fourth-order valence-electron chi connectivity index (χ4n) is 2.65. The fourth-order valence-corrected chi connectivity index (χ4v) is 2.65.